The standard InChI is InChI=1S/C43H54N8O6/c1-43(2,3)50-42(56)36-20-29-14-7-8-15-30(29)24-51(36)25-37(57-39(53)21-31-23-45-26-46-31)34(19-27-11-5-4-6-12-27)48-41(55)35(22-38(44)52)49-40(54)33-18-17-28-13-9-10-16-32(28)47-33/h4-6,9-13,16-18,23,26,29-30,34-37H,7-8,14-15,19-22,24-25H2,1-3H3,(H2,44,52)(H,45,46)(H,48,55)(H,49,54)(H,50,56)/t29-,30+,34-,35-,36-,37+/m0/s1. The van der Waals surface area contributed by atoms with Crippen molar-refractivity contribution in [3.8, 4) is 0 Å². The summed E-state index contributed by atoms with van der Waals surface area (Å²) in [6.07, 6.45) is 6.74. The Balaban J connectivity index is 1.32. The second kappa shape index (κ2) is 18.5. The molecule has 6 N–H and O–H groups in total. The molecule has 4 aromatic rings. The van der Waals surface area contributed by atoms with Crippen molar-refractivity contribution in [1.82, 2.24) is 35.8 Å². The summed E-state index contributed by atoms with van der Waals surface area (Å²) in [7, 11) is 0. The third-order valence-electron chi connectivity index (χ3n) is 10.8. The number of aromatic nitrogens is 3. The average molecular weight is 779 g/mol. The normalized spacial score (nSPS) is 20.0. The molecule has 14 nitrogen and oxygen atoms in total. The molecule has 0 radical (unpaired) electrons. The number of H-pyrrole nitrogens is 1. The zero-order chi connectivity index (χ0) is 40.5. The fourth-order valence-corrected chi connectivity index (χ4v) is 8.11. The molecule has 1 aliphatic carbocycles. The smallest absolute Gasteiger partial charge is 0.312 e. The Morgan fingerprint density at radius 2 is 1.68 bits per heavy atom. The molecule has 1 saturated carbocycles. The summed E-state index contributed by atoms with van der Waals surface area (Å²) in [5.74, 6) is -2.01. The number of carbonyl (C=O) groups excluding carboxylic acids is 5. The highest BCUT2D eigenvalue weighted by Crippen LogP contribution is 2.39. The molecule has 0 spiro atoms. The van der Waals surface area contributed by atoms with E-state index in [9.17, 15) is 24.0 Å². The van der Waals surface area contributed by atoms with Crippen LogP contribution >= 0.6 is 0 Å². The van der Waals surface area contributed by atoms with Gasteiger partial charge in [-0.1, -0.05) is 73.9 Å². The molecule has 2 aliphatic rings. The fraction of sp³-hybridized carbons (Fsp3) is 0.465. The molecule has 6 atom stereocenters. The van der Waals surface area contributed by atoms with Gasteiger partial charge in [0, 0.05) is 35.9 Å². The van der Waals surface area contributed by atoms with E-state index in [1.807, 2.05) is 69.3 Å². The predicted molar refractivity (Wildman–Crippen MR) is 214 cm³/mol. The molecule has 14 heteroatoms. The second-order valence-corrected chi connectivity index (χ2v) is 16.4. The third-order valence-corrected chi connectivity index (χ3v) is 10.8. The number of para-hydroxylation sites is 1. The number of fused-ring (bicyclic) bond motifs is 2. The fourth-order valence-electron chi connectivity index (χ4n) is 8.11. The molecule has 2 aromatic carbocycles. The van der Waals surface area contributed by atoms with Crippen molar-refractivity contribution < 1.29 is 28.7 Å². The topological polar surface area (TPSA) is 202 Å². The van der Waals surface area contributed by atoms with Gasteiger partial charge in [-0.2, -0.15) is 0 Å². The highest BCUT2D eigenvalue weighted by Gasteiger charge is 2.43. The molecule has 1 saturated heterocycles. The minimum atomic E-state index is -1.37. The van der Waals surface area contributed by atoms with Gasteiger partial charge < -0.3 is 31.4 Å². The Morgan fingerprint density at radius 1 is 0.947 bits per heavy atom. The first-order valence-electron chi connectivity index (χ1n) is 19.8. The Morgan fingerprint density at radius 3 is 2.40 bits per heavy atom. The van der Waals surface area contributed by atoms with Crippen LogP contribution in [0.25, 0.3) is 10.9 Å². The van der Waals surface area contributed by atoms with Gasteiger partial charge in [0.1, 0.15) is 17.8 Å². The summed E-state index contributed by atoms with van der Waals surface area (Å²) < 4.78 is 6.32. The van der Waals surface area contributed by atoms with E-state index in [2.05, 4.69) is 35.8 Å². The quantitative estimate of drug-likeness (QED) is 0.112. The van der Waals surface area contributed by atoms with E-state index < -0.39 is 59.9 Å². The van der Waals surface area contributed by atoms with Crippen LogP contribution in [-0.2, 0) is 36.8 Å². The number of amides is 4. The molecule has 1 aliphatic heterocycles. The van der Waals surface area contributed by atoms with E-state index in [4.69, 9.17) is 10.5 Å². The van der Waals surface area contributed by atoms with Crippen LogP contribution in [0.15, 0.2) is 79.3 Å². The zero-order valence-electron chi connectivity index (χ0n) is 32.9. The highest BCUT2D eigenvalue weighted by atomic mass is 16.5. The number of primary amides is 1. The van der Waals surface area contributed by atoms with Crippen LogP contribution in [0.1, 0.15) is 81.0 Å². The third kappa shape index (κ3) is 11.5. The van der Waals surface area contributed by atoms with Crippen LogP contribution in [0.2, 0.25) is 0 Å². The molecule has 3 heterocycles. The molecule has 4 amide bonds. The lowest BCUT2D eigenvalue weighted by Gasteiger charge is -2.47. The number of aromatic amines is 1. The van der Waals surface area contributed by atoms with Crippen molar-refractivity contribution in [2.45, 2.75) is 102 Å². The van der Waals surface area contributed by atoms with Crippen LogP contribution in [0.3, 0.4) is 0 Å². The van der Waals surface area contributed by atoms with Gasteiger partial charge in [-0.15, -0.1) is 0 Å². The first-order valence-corrected chi connectivity index (χ1v) is 19.8. The first kappa shape index (κ1) is 41.0. The number of likely N-dealkylation sites (tertiary alicyclic amines) is 1. The van der Waals surface area contributed by atoms with Gasteiger partial charge in [0.05, 0.1) is 36.8 Å². The van der Waals surface area contributed by atoms with Gasteiger partial charge in [-0.05, 0) is 69.6 Å². The maximum atomic E-state index is 14.3. The maximum Gasteiger partial charge on any atom is 0.312 e. The van der Waals surface area contributed by atoms with Crippen LogP contribution in [-0.4, -0.2) is 92.3 Å². The van der Waals surface area contributed by atoms with Crippen molar-refractivity contribution in [1.29, 1.82) is 0 Å². The summed E-state index contributed by atoms with van der Waals surface area (Å²) >= 11 is 0. The Hall–Kier alpha value is -5.63. The van der Waals surface area contributed by atoms with Gasteiger partial charge in [0.25, 0.3) is 5.91 Å². The van der Waals surface area contributed by atoms with Crippen molar-refractivity contribution in [3.63, 3.8) is 0 Å². The number of hydrogen-bond acceptors (Lipinski definition) is 9. The molecule has 6 rings (SSSR count). The Kier molecular flexibility index (Phi) is 13.3. The second-order valence-electron chi connectivity index (χ2n) is 16.4. The maximum absolute atomic E-state index is 14.3. The number of ether oxygens (including phenoxy) is 1. The summed E-state index contributed by atoms with van der Waals surface area (Å²) in [5, 5.41) is 9.72. The van der Waals surface area contributed by atoms with E-state index in [1.165, 1.54) is 6.33 Å². The van der Waals surface area contributed by atoms with E-state index in [0.717, 1.165) is 36.6 Å². The van der Waals surface area contributed by atoms with Crippen molar-refractivity contribution >= 4 is 40.5 Å². The number of hydrogen-bond donors (Lipinski definition) is 5. The van der Waals surface area contributed by atoms with Gasteiger partial charge in [-0.25, -0.2) is 9.97 Å². The van der Waals surface area contributed by atoms with E-state index in [0.29, 0.717) is 36.0 Å². The van der Waals surface area contributed by atoms with E-state index in [-0.39, 0.29) is 31.0 Å². The molecular weight excluding hydrogens is 725 g/mol. The van der Waals surface area contributed by atoms with Gasteiger partial charge in [-0.3, -0.25) is 28.9 Å². The zero-order valence-corrected chi connectivity index (χ0v) is 32.9. The number of esters is 1. The van der Waals surface area contributed by atoms with Crippen LogP contribution in [0.5, 0.6) is 0 Å². The van der Waals surface area contributed by atoms with Crippen LogP contribution in [0, 0.1) is 11.8 Å². The van der Waals surface area contributed by atoms with Crippen LogP contribution in [0.4, 0.5) is 0 Å². The molecule has 57 heavy (non-hydrogen) atoms. The first-order chi connectivity index (χ1) is 27.3. The van der Waals surface area contributed by atoms with Gasteiger partial charge in [0.2, 0.25) is 17.7 Å². The van der Waals surface area contributed by atoms with Crippen molar-refractivity contribution in [2.24, 2.45) is 17.6 Å². The lowest BCUT2D eigenvalue weighted by molar-refractivity contribution is -0.153. The summed E-state index contributed by atoms with van der Waals surface area (Å²) in [4.78, 5) is 81.5. The van der Waals surface area contributed by atoms with Crippen LogP contribution < -0.4 is 21.7 Å². The van der Waals surface area contributed by atoms with Gasteiger partial charge in [0.15, 0.2) is 0 Å². The molecule has 0 bridgehead atoms. The monoisotopic (exact) mass is 778 g/mol. The molecular formula is C43H54N8O6. The summed E-state index contributed by atoms with van der Waals surface area (Å²) in [5.41, 5.74) is 7.22. The highest BCUT2D eigenvalue weighted by molar-refractivity contribution is 5.99. The van der Waals surface area contributed by atoms with E-state index >= 15 is 0 Å². The lowest BCUT2D eigenvalue weighted by atomic mass is 9.72. The number of benzene rings is 2. The van der Waals surface area contributed by atoms with E-state index in [1.54, 1.807) is 24.4 Å². The number of pyridine rings is 1. The number of nitrogens with one attached hydrogen (secondary N) is 4. The lowest BCUT2D eigenvalue weighted by Crippen LogP contribution is -2.61. The average Bonchev–Trinajstić information content (AvgIpc) is 3.69. The largest absolute Gasteiger partial charge is 0.458 e. The summed E-state index contributed by atoms with van der Waals surface area (Å²) in [6, 6.07) is 17.4. The van der Waals surface area contributed by atoms with Crippen molar-refractivity contribution in [3.05, 3.63) is 96.2 Å². The minimum Gasteiger partial charge on any atom is -0.458 e. The van der Waals surface area contributed by atoms with Gasteiger partial charge >= 0.3 is 5.97 Å². The Bertz CT molecular complexity index is 2020. The number of carbonyl (C=O) groups is 5. The number of imidazole rings is 1. The predicted octanol–water partition coefficient (Wildman–Crippen LogP) is 3.61. The summed E-state index contributed by atoms with van der Waals surface area (Å²) in [6.45, 7) is 6.62. The number of rotatable bonds is 15. The molecule has 2 fully saturated rings. The number of nitrogens with two attached hydrogens (primary N) is 1. The molecule has 302 valence electrons. The number of piperidine rings is 1. The number of nitrogens with zero attached hydrogens (tertiary/aromatic N) is 3. The SMILES string of the molecule is CC(C)(C)NC(=O)[C@@H]1C[C@@H]2CCCC[C@@H]2CN1C[C@@H](OC(=O)Cc1cnc[nH]1)[C@H](Cc1ccccc1)NC(=O)[C@H](CC(N)=O)NC(=O)c1ccc2ccccc2n1. The van der Waals surface area contributed by atoms with Crippen molar-refractivity contribution in [2.75, 3.05) is 13.1 Å². The molecule has 2 aromatic heterocycles. The molecule has 0 unspecified atom stereocenters. The Labute approximate surface area is 333 Å². The minimum absolute atomic E-state index is 0.0631.